The number of nitrogens with zero attached hydrogens (tertiary/aromatic N) is 1. The monoisotopic (exact) mass is 412 g/mol. The summed E-state index contributed by atoms with van der Waals surface area (Å²) in [5.41, 5.74) is -3.13. The van der Waals surface area contributed by atoms with Gasteiger partial charge >= 0.3 is 6.18 Å². The van der Waals surface area contributed by atoms with Gasteiger partial charge in [0.2, 0.25) is 5.60 Å². The van der Waals surface area contributed by atoms with Crippen molar-refractivity contribution >= 4 is 16.6 Å². The third-order valence-electron chi connectivity index (χ3n) is 4.65. The van der Waals surface area contributed by atoms with E-state index in [1.807, 2.05) is 0 Å². The summed E-state index contributed by atoms with van der Waals surface area (Å²) in [5, 5.41) is 22.6. The normalized spacial score (nSPS) is 15.2. The van der Waals surface area contributed by atoms with Gasteiger partial charge in [-0.3, -0.25) is 4.98 Å². The number of fused-ring (bicyclic) bond motifs is 1. The summed E-state index contributed by atoms with van der Waals surface area (Å²) in [7, 11) is 0. The lowest BCUT2D eigenvalue weighted by molar-refractivity contribution is -0.277. The van der Waals surface area contributed by atoms with E-state index in [2.05, 4.69) is 10.3 Å². The minimum Gasteiger partial charge on any atom is -0.393 e. The van der Waals surface area contributed by atoms with Gasteiger partial charge in [-0.15, -0.1) is 0 Å². The first-order chi connectivity index (χ1) is 13.6. The highest BCUT2D eigenvalue weighted by Gasteiger charge is 2.59. The number of aryl methyl sites for hydroxylation is 1. The van der Waals surface area contributed by atoms with Gasteiger partial charge < -0.3 is 15.5 Å². The lowest BCUT2D eigenvalue weighted by Crippen LogP contribution is -2.55. The van der Waals surface area contributed by atoms with Gasteiger partial charge in [0, 0.05) is 28.4 Å². The highest BCUT2D eigenvalue weighted by molar-refractivity contribution is 5.91. The number of pyridine rings is 1. The number of anilines is 1. The average Bonchev–Trinajstić information content (AvgIpc) is 2.65. The molecule has 0 aliphatic rings. The molecule has 0 aliphatic carbocycles. The maximum Gasteiger partial charge on any atom is 0.421 e. The van der Waals surface area contributed by atoms with Crippen LogP contribution in [0.5, 0.6) is 0 Å². The molecule has 0 aliphatic heterocycles. The Morgan fingerprint density at radius 2 is 1.79 bits per heavy atom. The van der Waals surface area contributed by atoms with Crippen molar-refractivity contribution in [3.63, 3.8) is 0 Å². The van der Waals surface area contributed by atoms with Gasteiger partial charge in [-0.25, -0.2) is 8.78 Å². The van der Waals surface area contributed by atoms with E-state index >= 15 is 0 Å². The van der Waals surface area contributed by atoms with Gasteiger partial charge in [0.15, 0.2) is 0 Å². The highest BCUT2D eigenvalue weighted by Crippen LogP contribution is 2.43. The molecular weight excluding hydrogens is 395 g/mol. The Morgan fingerprint density at radius 3 is 2.41 bits per heavy atom. The van der Waals surface area contributed by atoms with Crippen LogP contribution in [0.2, 0.25) is 0 Å². The SMILES string of the molecule is Cc1ccc2c(NC(c3ccc(F)cc3F)C(O)(CO)C(F)(F)F)cccc2n1. The molecule has 0 saturated heterocycles. The van der Waals surface area contributed by atoms with Crippen LogP contribution in [0.15, 0.2) is 48.5 Å². The quantitative estimate of drug-likeness (QED) is 0.548. The van der Waals surface area contributed by atoms with Gasteiger partial charge in [-0.1, -0.05) is 12.1 Å². The zero-order valence-corrected chi connectivity index (χ0v) is 15.1. The summed E-state index contributed by atoms with van der Waals surface area (Å²) in [6, 6.07) is 7.67. The Balaban J connectivity index is 2.19. The molecule has 1 aromatic heterocycles. The first kappa shape index (κ1) is 20.9. The summed E-state index contributed by atoms with van der Waals surface area (Å²) in [6.45, 7) is -0.00247. The van der Waals surface area contributed by atoms with E-state index in [0.29, 0.717) is 22.7 Å². The zero-order chi connectivity index (χ0) is 21.4. The van der Waals surface area contributed by atoms with Crippen molar-refractivity contribution in [2.24, 2.45) is 0 Å². The van der Waals surface area contributed by atoms with Crippen LogP contribution < -0.4 is 5.32 Å². The number of alkyl halides is 3. The number of benzene rings is 2. The van der Waals surface area contributed by atoms with Crippen LogP contribution in [-0.4, -0.2) is 33.6 Å². The molecule has 4 nitrogen and oxygen atoms in total. The minimum atomic E-state index is -5.32. The molecule has 3 rings (SSSR count). The van der Waals surface area contributed by atoms with Crippen molar-refractivity contribution in [2.75, 3.05) is 11.9 Å². The number of halogens is 5. The van der Waals surface area contributed by atoms with Crippen molar-refractivity contribution < 1.29 is 32.2 Å². The molecule has 0 saturated carbocycles. The van der Waals surface area contributed by atoms with Crippen LogP contribution in [0.1, 0.15) is 17.3 Å². The number of nitrogens with one attached hydrogen (secondary N) is 1. The predicted octanol–water partition coefficient (Wildman–Crippen LogP) is 4.26. The molecule has 29 heavy (non-hydrogen) atoms. The molecule has 2 unspecified atom stereocenters. The van der Waals surface area contributed by atoms with E-state index < -0.39 is 41.6 Å². The Morgan fingerprint density at radius 1 is 1.07 bits per heavy atom. The molecule has 2 aromatic carbocycles. The van der Waals surface area contributed by atoms with Crippen molar-refractivity contribution in [1.82, 2.24) is 4.98 Å². The molecule has 0 fully saturated rings. The third-order valence-corrected chi connectivity index (χ3v) is 4.65. The van der Waals surface area contributed by atoms with E-state index in [4.69, 9.17) is 0 Å². The van der Waals surface area contributed by atoms with E-state index in [1.165, 1.54) is 12.1 Å². The maximum absolute atomic E-state index is 14.4. The standard InChI is InChI=1S/C20H17F5N2O2/c1-11-5-7-14-16(26-11)3-2-4-17(14)27-18(19(29,10-28)20(23,24)25)13-8-6-12(21)9-15(13)22/h2-9,18,27-29H,10H2,1H3. The van der Waals surface area contributed by atoms with Gasteiger partial charge in [0.05, 0.1) is 18.2 Å². The fourth-order valence-corrected chi connectivity index (χ4v) is 3.07. The second-order valence-corrected chi connectivity index (χ2v) is 6.65. The van der Waals surface area contributed by atoms with Gasteiger partial charge in [0.1, 0.15) is 11.6 Å². The van der Waals surface area contributed by atoms with Crippen molar-refractivity contribution in [3.05, 3.63) is 71.4 Å². The van der Waals surface area contributed by atoms with Crippen LogP contribution in [0.25, 0.3) is 10.9 Å². The summed E-state index contributed by atoms with van der Waals surface area (Å²) >= 11 is 0. The van der Waals surface area contributed by atoms with Gasteiger partial charge in [-0.2, -0.15) is 13.2 Å². The van der Waals surface area contributed by atoms with E-state index in [0.717, 1.165) is 12.1 Å². The summed E-state index contributed by atoms with van der Waals surface area (Å²) in [6.07, 6.45) is -5.32. The predicted molar refractivity (Wildman–Crippen MR) is 97.3 cm³/mol. The Hall–Kier alpha value is -2.78. The van der Waals surface area contributed by atoms with Crippen molar-refractivity contribution in [3.8, 4) is 0 Å². The lowest BCUT2D eigenvalue weighted by Gasteiger charge is -2.37. The van der Waals surface area contributed by atoms with Crippen molar-refractivity contribution in [2.45, 2.75) is 24.7 Å². The molecule has 0 radical (unpaired) electrons. The first-order valence-corrected chi connectivity index (χ1v) is 8.54. The fourth-order valence-electron chi connectivity index (χ4n) is 3.07. The number of aromatic nitrogens is 1. The second-order valence-electron chi connectivity index (χ2n) is 6.65. The molecule has 0 amide bonds. The Labute approximate surface area is 162 Å². The number of rotatable bonds is 5. The number of aliphatic hydroxyl groups excluding tert-OH is 1. The van der Waals surface area contributed by atoms with Gasteiger partial charge in [0.25, 0.3) is 0 Å². The van der Waals surface area contributed by atoms with Crippen molar-refractivity contribution in [1.29, 1.82) is 0 Å². The van der Waals surface area contributed by atoms with Crippen LogP contribution in [0.4, 0.5) is 27.6 Å². The smallest absolute Gasteiger partial charge is 0.393 e. The Kier molecular flexibility index (Phi) is 5.46. The molecular formula is C20H17F5N2O2. The van der Waals surface area contributed by atoms with E-state index in [1.54, 1.807) is 25.1 Å². The summed E-state index contributed by atoms with van der Waals surface area (Å²) in [4.78, 5) is 4.28. The Bertz CT molecular complexity index is 1040. The average molecular weight is 412 g/mol. The molecule has 0 bridgehead atoms. The lowest BCUT2D eigenvalue weighted by atomic mass is 9.87. The molecule has 3 N–H and O–H groups in total. The summed E-state index contributed by atoms with van der Waals surface area (Å²) < 4.78 is 68.7. The third kappa shape index (κ3) is 3.88. The molecule has 3 aromatic rings. The van der Waals surface area contributed by atoms with Crippen LogP contribution in [-0.2, 0) is 0 Å². The summed E-state index contributed by atoms with van der Waals surface area (Å²) in [5.74, 6) is -2.29. The molecule has 154 valence electrons. The molecule has 0 spiro atoms. The highest BCUT2D eigenvalue weighted by atomic mass is 19.4. The van der Waals surface area contributed by atoms with E-state index in [9.17, 15) is 32.2 Å². The largest absolute Gasteiger partial charge is 0.421 e. The fraction of sp³-hybridized carbons (Fsp3) is 0.250. The van der Waals surface area contributed by atoms with E-state index in [-0.39, 0.29) is 5.69 Å². The second kappa shape index (κ2) is 7.57. The zero-order valence-electron chi connectivity index (χ0n) is 15.1. The van der Waals surface area contributed by atoms with Crippen LogP contribution in [0.3, 0.4) is 0 Å². The number of hydrogen-bond acceptors (Lipinski definition) is 4. The number of hydrogen-bond donors (Lipinski definition) is 3. The van der Waals surface area contributed by atoms with Crippen LogP contribution >= 0.6 is 0 Å². The molecule has 2 atom stereocenters. The maximum atomic E-state index is 14.4. The number of aliphatic hydroxyl groups is 2. The first-order valence-electron chi connectivity index (χ1n) is 8.54. The molecule has 9 heteroatoms. The van der Waals surface area contributed by atoms with Crippen LogP contribution in [0, 0.1) is 18.6 Å². The topological polar surface area (TPSA) is 65.4 Å². The van der Waals surface area contributed by atoms with Gasteiger partial charge in [-0.05, 0) is 37.3 Å². The minimum absolute atomic E-state index is 0.125. The molecule has 1 heterocycles.